The van der Waals surface area contributed by atoms with Gasteiger partial charge in [-0.2, -0.15) is 0 Å². The van der Waals surface area contributed by atoms with E-state index in [1.165, 1.54) is 17.7 Å². The van der Waals surface area contributed by atoms with Crippen molar-refractivity contribution in [2.45, 2.75) is 32.5 Å². The van der Waals surface area contributed by atoms with Gasteiger partial charge in [0.2, 0.25) is 5.91 Å². The number of benzene rings is 2. The van der Waals surface area contributed by atoms with E-state index >= 15 is 0 Å². The molecule has 2 aromatic carbocycles. The van der Waals surface area contributed by atoms with Crippen LogP contribution in [0.5, 0.6) is 0 Å². The van der Waals surface area contributed by atoms with E-state index < -0.39 is 6.04 Å². The highest BCUT2D eigenvalue weighted by molar-refractivity contribution is 5.82. The van der Waals surface area contributed by atoms with Crippen LogP contribution < -0.4 is 5.73 Å². The van der Waals surface area contributed by atoms with Crippen LogP contribution in [-0.4, -0.2) is 32.9 Å². The maximum atomic E-state index is 13.1. The number of hydrogen-bond donors (Lipinski definition) is 1. The summed E-state index contributed by atoms with van der Waals surface area (Å²) in [5.41, 5.74) is 10.1. The van der Waals surface area contributed by atoms with Crippen LogP contribution in [0.2, 0.25) is 0 Å². The summed E-state index contributed by atoms with van der Waals surface area (Å²) in [5, 5.41) is 0. The van der Waals surface area contributed by atoms with Crippen molar-refractivity contribution in [3.8, 4) is 11.3 Å². The number of hydrogen-bond acceptors (Lipinski definition) is 3. The van der Waals surface area contributed by atoms with Crippen molar-refractivity contribution in [3.05, 3.63) is 77.5 Å². The van der Waals surface area contributed by atoms with Crippen molar-refractivity contribution in [1.29, 1.82) is 0 Å². The predicted molar refractivity (Wildman–Crippen MR) is 106 cm³/mol. The number of amides is 1. The van der Waals surface area contributed by atoms with E-state index in [0.29, 0.717) is 26.1 Å². The van der Waals surface area contributed by atoms with Gasteiger partial charge in [0.15, 0.2) is 0 Å². The molecule has 0 aliphatic carbocycles. The van der Waals surface area contributed by atoms with Gasteiger partial charge >= 0.3 is 0 Å². The Morgan fingerprint density at radius 3 is 2.57 bits per heavy atom. The monoisotopic (exact) mass is 378 g/mol. The molecule has 1 atom stereocenters. The molecule has 1 aliphatic heterocycles. The van der Waals surface area contributed by atoms with Gasteiger partial charge in [-0.1, -0.05) is 29.8 Å². The summed E-state index contributed by atoms with van der Waals surface area (Å²) in [4.78, 5) is 19.2. The average Bonchev–Trinajstić information content (AvgIpc) is 3.13. The fourth-order valence-corrected chi connectivity index (χ4v) is 3.50. The van der Waals surface area contributed by atoms with Crippen LogP contribution in [0.4, 0.5) is 4.39 Å². The molecule has 5 nitrogen and oxygen atoms in total. The molecule has 144 valence electrons. The lowest BCUT2D eigenvalue weighted by atomic mass is 10.0. The lowest BCUT2D eigenvalue weighted by Crippen LogP contribution is -2.47. The Kier molecular flexibility index (Phi) is 4.96. The van der Waals surface area contributed by atoms with Gasteiger partial charge in [0.1, 0.15) is 11.6 Å². The molecule has 28 heavy (non-hydrogen) atoms. The molecule has 2 N–H and O–H groups in total. The molecule has 4 rings (SSSR count). The summed E-state index contributed by atoms with van der Waals surface area (Å²) < 4.78 is 15.2. The Labute approximate surface area is 163 Å². The minimum Gasteiger partial charge on any atom is -0.332 e. The minimum absolute atomic E-state index is 0.0573. The zero-order valence-electron chi connectivity index (χ0n) is 15.8. The van der Waals surface area contributed by atoms with E-state index in [9.17, 15) is 9.18 Å². The summed E-state index contributed by atoms with van der Waals surface area (Å²) in [5.74, 6) is 0.492. The molecule has 0 fully saturated rings. The molecule has 0 spiro atoms. The second-order valence-corrected chi connectivity index (χ2v) is 7.30. The molecule has 0 saturated heterocycles. The Bertz CT molecular complexity index is 979. The fraction of sp³-hybridized carbons (Fsp3) is 0.273. The Balaban J connectivity index is 1.45. The smallest absolute Gasteiger partial charge is 0.240 e. The van der Waals surface area contributed by atoms with Crippen molar-refractivity contribution in [2.75, 3.05) is 6.54 Å². The molecular formula is C22H23FN4O. The van der Waals surface area contributed by atoms with Crippen molar-refractivity contribution >= 4 is 5.91 Å². The van der Waals surface area contributed by atoms with Gasteiger partial charge < -0.3 is 15.2 Å². The first-order valence-corrected chi connectivity index (χ1v) is 9.41. The summed E-state index contributed by atoms with van der Waals surface area (Å²) in [6.07, 6.45) is 2.47. The molecule has 1 amide bonds. The van der Waals surface area contributed by atoms with E-state index in [-0.39, 0.29) is 11.7 Å². The highest BCUT2D eigenvalue weighted by atomic mass is 19.1. The number of carbonyl (C=O) groups is 1. The Morgan fingerprint density at radius 1 is 1.14 bits per heavy atom. The van der Waals surface area contributed by atoms with E-state index in [4.69, 9.17) is 5.73 Å². The van der Waals surface area contributed by atoms with Crippen molar-refractivity contribution in [3.63, 3.8) is 0 Å². The van der Waals surface area contributed by atoms with Crippen LogP contribution in [0.15, 0.2) is 54.7 Å². The zero-order chi connectivity index (χ0) is 19.7. The fourth-order valence-electron chi connectivity index (χ4n) is 3.50. The number of aryl methyl sites for hydroxylation is 1. The van der Waals surface area contributed by atoms with E-state index in [1.807, 2.05) is 42.0 Å². The summed E-state index contributed by atoms with van der Waals surface area (Å²) in [6.45, 7) is 3.74. The Hall–Kier alpha value is -2.99. The van der Waals surface area contributed by atoms with Crippen molar-refractivity contribution in [2.24, 2.45) is 5.73 Å². The number of fused-ring (bicyclic) bond motifs is 1. The normalized spacial score (nSPS) is 14.6. The maximum absolute atomic E-state index is 13.1. The zero-order valence-corrected chi connectivity index (χ0v) is 15.8. The van der Waals surface area contributed by atoms with Crippen LogP contribution in [0.3, 0.4) is 0 Å². The third kappa shape index (κ3) is 3.82. The molecule has 1 unspecified atom stereocenters. The van der Waals surface area contributed by atoms with E-state index in [0.717, 1.165) is 22.6 Å². The van der Waals surface area contributed by atoms with Crippen LogP contribution in [0, 0.1) is 12.7 Å². The maximum Gasteiger partial charge on any atom is 0.240 e. The quantitative estimate of drug-likeness (QED) is 0.759. The van der Waals surface area contributed by atoms with E-state index in [2.05, 4.69) is 4.98 Å². The summed E-state index contributed by atoms with van der Waals surface area (Å²) in [7, 11) is 0. The lowest BCUT2D eigenvalue weighted by molar-refractivity contribution is -0.134. The van der Waals surface area contributed by atoms with E-state index in [1.54, 1.807) is 17.0 Å². The van der Waals surface area contributed by atoms with Gasteiger partial charge in [-0.3, -0.25) is 4.79 Å². The first kappa shape index (κ1) is 18.4. The summed E-state index contributed by atoms with van der Waals surface area (Å²) >= 11 is 0. The number of imidazole rings is 1. The van der Waals surface area contributed by atoms with Crippen LogP contribution >= 0.6 is 0 Å². The van der Waals surface area contributed by atoms with Gasteiger partial charge in [-0.05, 0) is 43.2 Å². The number of rotatable bonds is 4. The molecule has 1 aliphatic rings. The highest BCUT2D eigenvalue weighted by Gasteiger charge is 2.26. The molecule has 0 radical (unpaired) electrons. The highest BCUT2D eigenvalue weighted by Crippen LogP contribution is 2.22. The second kappa shape index (κ2) is 7.56. The second-order valence-electron chi connectivity index (χ2n) is 7.30. The summed E-state index contributed by atoms with van der Waals surface area (Å²) in [6, 6.07) is 13.8. The first-order valence-electron chi connectivity index (χ1n) is 9.41. The van der Waals surface area contributed by atoms with Crippen molar-refractivity contribution in [1.82, 2.24) is 14.5 Å². The number of carbonyl (C=O) groups excluding carboxylic acids is 1. The van der Waals surface area contributed by atoms with Gasteiger partial charge in [0.05, 0.1) is 18.3 Å². The molecule has 0 bridgehead atoms. The molecule has 6 heteroatoms. The molecule has 2 heterocycles. The van der Waals surface area contributed by atoms with Gasteiger partial charge in [-0.25, -0.2) is 9.37 Å². The first-order chi connectivity index (χ1) is 13.5. The van der Waals surface area contributed by atoms with Gasteiger partial charge in [0, 0.05) is 24.8 Å². The molecule has 3 aromatic rings. The third-order valence-electron chi connectivity index (χ3n) is 5.15. The lowest BCUT2D eigenvalue weighted by Gasteiger charge is -2.29. The molecule has 1 aromatic heterocycles. The molecule has 0 saturated carbocycles. The number of nitrogens with zero attached hydrogens (tertiary/aromatic N) is 3. The number of aromatic nitrogens is 2. The van der Waals surface area contributed by atoms with Gasteiger partial charge in [-0.15, -0.1) is 0 Å². The number of halogens is 1. The molecular weight excluding hydrogens is 355 g/mol. The minimum atomic E-state index is -0.569. The largest absolute Gasteiger partial charge is 0.332 e. The van der Waals surface area contributed by atoms with Crippen molar-refractivity contribution < 1.29 is 9.18 Å². The third-order valence-corrected chi connectivity index (χ3v) is 5.15. The SMILES string of the molecule is Cc1ccc(CC(N)C(=O)N2CCn3cc(-c4ccc(F)cc4)nc3C2)cc1. The van der Waals surface area contributed by atoms with Crippen LogP contribution in [0.25, 0.3) is 11.3 Å². The van der Waals surface area contributed by atoms with Crippen LogP contribution in [0.1, 0.15) is 17.0 Å². The standard InChI is InChI=1S/C22H23FN4O/c1-15-2-4-16(5-3-15)12-19(24)22(28)27-11-10-26-13-20(25-21(26)14-27)17-6-8-18(23)9-7-17/h2-9,13,19H,10-12,14,24H2,1H3. The number of nitrogens with two attached hydrogens (primary N) is 1. The predicted octanol–water partition coefficient (Wildman–Crippen LogP) is 2.91. The Morgan fingerprint density at radius 2 is 1.86 bits per heavy atom. The van der Waals surface area contributed by atoms with Gasteiger partial charge in [0.25, 0.3) is 0 Å². The average molecular weight is 378 g/mol. The van der Waals surface area contributed by atoms with Crippen LogP contribution in [-0.2, 0) is 24.3 Å². The topological polar surface area (TPSA) is 64.2 Å².